The summed E-state index contributed by atoms with van der Waals surface area (Å²) < 4.78 is 0. The fourth-order valence-corrected chi connectivity index (χ4v) is 2.69. The van der Waals surface area contributed by atoms with Crippen LogP contribution >= 0.6 is 0 Å². The van der Waals surface area contributed by atoms with Crippen molar-refractivity contribution in [3.8, 4) is 0 Å². The van der Waals surface area contributed by atoms with Gasteiger partial charge in [0.15, 0.2) is 0 Å². The first-order valence-electron chi connectivity index (χ1n) is 7.40. The van der Waals surface area contributed by atoms with Gasteiger partial charge in [0.05, 0.1) is 6.42 Å². The first-order chi connectivity index (χ1) is 10.2. The molecule has 2 heterocycles. The van der Waals surface area contributed by atoms with E-state index < -0.39 is 6.04 Å². The van der Waals surface area contributed by atoms with E-state index in [1.165, 1.54) is 0 Å². The minimum Gasteiger partial charge on any atom is -0.354 e. The third-order valence-corrected chi connectivity index (χ3v) is 3.64. The largest absolute Gasteiger partial charge is 0.354 e. The lowest BCUT2D eigenvalue weighted by Gasteiger charge is -2.34. The van der Waals surface area contributed by atoms with E-state index in [1.807, 2.05) is 19.9 Å². The van der Waals surface area contributed by atoms with Crippen LogP contribution in [0.3, 0.4) is 0 Å². The average molecular weight is 288 g/mol. The molecule has 2 aliphatic rings. The minimum absolute atomic E-state index is 0.186. The van der Waals surface area contributed by atoms with Crippen LogP contribution in [0.1, 0.15) is 42.6 Å². The van der Waals surface area contributed by atoms with Crippen molar-refractivity contribution in [2.75, 3.05) is 6.54 Å². The van der Waals surface area contributed by atoms with Crippen molar-refractivity contribution < 1.29 is 14.4 Å². The van der Waals surface area contributed by atoms with Crippen molar-refractivity contribution in [1.82, 2.24) is 10.2 Å². The molecule has 2 aliphatic heterocycles. The van der Waals surface area contributed by atoms with Gasteiger partial charge in [-0.05, 0) is 24.5 Å². The number of hydrogen-bond donors (Lipinski definition) is 1. The van der Waals surface area contributed by atoms with E-state index in [4.69, 9.17) is 0 Å². The summed E-state index contributed by atoms with van der Waals surface area (Å²) in [6.45, 7) is 4.61. The molecule has 3 rings (SSSR count). The van der Waals surface area contributed by atoms with Gasteiger partial charge in [-0.3, -0.25) is 19.3 Å². The van der Waals surface area contributed by atoms with Crippen LogP contribution in [-0.2, 0) is 16.0 Å². The molecule has 0 aromatic heterocycles. The lowest BCUT2D eigenvalue weighted by molar-refractivity contribution is -0.138. The van der Waals surface area contributed by atoms with Gasteiger partial charge >= 0.3 is 0 Å². The van der Waals surface area contributed by atoms with Crippen molar-refractivity contribution in [2.45, 2.75) is 39.2 Å². The molecule has 0 aliphatic carbocycles. The highest BCUT2D eigenvalue weighted by Gasteiger charge is 2.39. The Kier molecular flexibility index (Phi) is 4.73. The van der Waals surface area contributed by atoms with Crippen LogP contribution in [-0.4, -0.2) is 35.2 Å². The number of carbonyl (C=O) groups is 3. The van der Waals surface area contributed by atoms with Gasteiger partial charge in [-0.2, -0.15) is 0 Å². The molecule has 1 aromatic rings. The van der Waals surface area contributed by atoms with Gasteiger partial charge in [0.1, 0.15) is 6.04 Å². The van der Waals surface area contributed by atoms with E-state index in [-0.39, 0.29) is 24.1 Å². The van der Waals surface area contributed by atoms with Gasteiger partial charge in [-0.1, -0.05) is 32.0 Å². The van der Waals surface area contributed by atoms with Gasteiger partial charge in [-0.25, -0.2) is 0 Å². The average Bonchev–Trinajstić information content (AvgIpc) is 2.51. The van der Waals surface area contributed by atoms with Crippen LogP contribution in [0.4, 0.5) is 0 Å². The van der Waals surface area contributed by atoms with E-state index >= 15 is 0 Å². The third-order valence-electron chi connectivity index (χ3n) is 3.64. The predicted octanol–water partition coefficient (Wildman–Crippen LogP) is 1.52. The van der Waals surface area contributed by atoms with Crippen LogP contribution < -0.4 is 5.32 Å². The van der Waals surface area contributed by atoms with E-state index in [9.17, 15) is 14.4 Å². The summed E-state index contributed by atoms with van der Waals surface area (Å²) in [5.41, 5.74) is 1.27. The first kappa shape index (κ1) is 15.2. The van der Waals surface area contributed by atoms with E-state index in [1.54, 1.807) is 18.2 Å². The summed E-state index contributed by atoms with van der Waals surface area (Å²) in [7, 11) is 0. The van der Waals surface area contributed by atoms with Gasteiger partial charge in [-0.15, -0.1) is 0 Å². The van der Waals surface area contributed by atoms with Gasteiger partial charge in [0.2, 0.25) is 11.8 Å². The third kappa shape index (κ3) is 2.82. The second-order valence-electron chi connectivity index (χ2n) is 4.85. The summed E-state index contributed by atoms with van der Waals surface area (Å²) in [5.74, 6) is -0.869. The molecule has 1 fully saturated rings. The zero-order valence-electron chi connectivity index (χ0n) is 12.4. The summed E-state index contributed by atoms with van der Waals surface area (Å²) in [6, 6.07) is 6.41. The number of hydrogen-bond acceptors (Lipinski definition) is 3. The summed E-state index contributed by atoms with van der Waals surface area (Å²) >= 11 is 0. The van der Waals surface area contributed by atoms with Crippen molar-refractivity contribution in [1.29, 1.82) is 0 Å². The molecule has 0 bridgehead atoms. The Labute approximate surface area is 124 Å². The highest BCUT2D eigenvalue weighted by molar-refractivity contribution is 6.12. The molecule has 1 unspecified atom stereocenters. The molecule has 0 saturated carbocycles. The lowest BCUT2D eigenvalue weighted by Crippen LogP contribution is -2.56. The van der Waals surface area contributed by atoms with E-state index in [2.05, 4.69) is 5.32 Å². The molecule has 1 saturated heterocycles. The highest BCUT2D eigenvalue weighted by atomic mass is 16.2. The van der Waals surface area contributed by atoms with Gasteiger partial charge < -0.3 is 5.32 Å². The van der Waals surface area contributed by atoms with Crippen LogP contribution in [0.15, 0.2) is 24.3 Å². The topological polar surface area (TPSA) is 66.5 Å². The maximum absolute atomic E-state index is 12.4. The van der Waals surface area contributed by atoms with Crippen LogP contribution in [0.2, 0.25) is 0 Å². The molecule has 1 atom stereocenters. The number of piperidine rings is 1. The first-order valence-corrected chi connectivity index (χ1v) is 7.40. The Morgan fingerprint density at radius 3 is 2.57 bits per heavy atom. The number of amides is 3. The number of nitrogens with zero attached hydrogens (tertiary/aromatic N) is 1. The molecule has 1 N–H and O–H groups in total. The standard InChI is InChI=1S/C14H14N2O3.C2H6/c17-12-8-9-4-1-2-5-10(9)14(19)16(12)11-6-3-7-15-13(11)18;1-2/h1-2,4-5,11H,3,6-8H2,(H,15,18);1-2H3. The monoisotopic (exact) mass is 288 g/mol. The van der Waals surface area contributed by atoms with Crippen molar-refractivity contribution in [3.63, 3.8) is 0 Å². The molecule has 0 radical (unpaired) electrons. The molecule has 112 valence electrons. The Hall–Kier alpha value is -2.17. The van der Waals surface area contributed by atoms with Crippen LogP contribution in [0.25, 0.3) is 0 Å². The van der Waals surface area contributed by atoms with Crippen LogP contribution in [0.5, 0.6) is 0 Å². The zero-order chi connectivity index (χ0) is 15.4. The lowest BCUT2D eigenvalue weighted by atomic mass is 9.95. The number of imide groups is 1. The summed E-state index contributed by atoms with van der Waals surface area (Å²) in [4.78, 5) is 37.5. The van der Waals surface area contributed by atoms with Crippen molar-refractivity contribution in [2.24, 2.45) is 0 Å². The molecular formula is C16H20N2O3. The smallest absolute Gasteiger partial charge is 0.261 e. The number of rotatable bonds is 1. The second-order valence-corrected chi connectivity index (χ2v) is 4.85. The molecule has 5 nitrogen and oxygen atoms in total. The molecule has 1 aromatic carbocycles. The number of fused-ring (bicyclic) bond motifs is 1. The summed E-state index contributed by atoms with van der Waals surface area (Å²) in [5, 5.41) is 2.71. The zero-order valence-corrected chi connectivity index (χ0v) is 12.4. The second kappa shape index (κ2) is 6.52. The normalized spacial score (nSPS) is 21.1. The number of carbonyl (C=O) groups excluding carboxylic acids is 3. The molecular weight excluding hydrogens is 268 g/mol. The number of nitrogens with one attached hydrogen (secondary N) is 1. The SMILES string of the molecule is CC.O=C1NCCCC1N1C(=O)Cc2ccccc2C1=O. The van der Waals surface area contributed by atoms with E-state index in [0.717, 1.165) is 16.9 Å². The van der Waals surface area contributed by atoms with Gasteiger partial charge in [0.25, 0.3) is 5.91 Å². The molecule has 5 heteroatoms. The Bertz CT molecular complexity index is 568. The highest BCUT2D eigenvalue weighted by Crippen LogP contribution is 2.24. The Morgan fingerprint density at radius 1 is 1.14 bits per heavy atom. The van der Waals surface area contributed by atoms with Crippen molar-refractivity contribution >= 4 is 17.7 Å². The predicted molar refractivity (Wildman–Crippen MR) is 78.7 cm³/mol. The Balaban J connectivity index is 0.000000774. The summed E-state index contributed by atoms with van der Waals surface area (Å²) in [6.07, 6.45) is 1.52. The molecule has 0 spiro atoms. The van der Waals surface area contributed by atoms with E-state index in [0.29, 0.717) is 18.5 Å². The number of benzene rings is 1. The van der Waals surface area contributed by atoms with Crippen LogP contribution in [0, 0.1) is 0 Å². The van der Waals surface area contributed by atoms with Gasteiger partial charge in [0, 0.05) is 12.1 Å². The fraction of sp³-hybridized carbons (Fsp3) is 0.438. The fourth-order valence-electron chi connectivity index (χ4n) is 2.69. The maximum Gasteiger partial charge on any atom is 0.261 e. The minimum atomic E-state index is -0.651. The van der Waals surface area contributed by atoms with Crippen molar-refractivity contribution in [3.05, 3.63) is 35.4 Å². The molecule has 3 amide bonds. The Morgan fingerprint density at radius 2 is 1.86 bits per heavy atom. The molecule has 21 heavy (non-hydrogen) atoms. The maximum atomic E-state index is 12.4. The quantitative estimate of drug-likeness (QED) is 0.797.